The Balaban J connectivity index is 2.24. The van der Waals surface area contributed by atoms with E-state index in [1.807, 2.05) is 12.1 Å². The van der Waals surface area contributed by atoms with Crippen molar-refractivity contribution in [2.24, 2.45) is 0 Å². The summed E-state index contributed by atoms with van der Waals surface area (Å²) in [5, 5.41) is 0. The fraction of sp³-hybridized carbons (Fsp3) is 0.300. The summed E-state index contributed by atoms with van der Waals surface area (Å²) in [7, 11) is 0. The van der Waals surface area contributed by atoms with Gasteiger partial charge in [-0.25, -0.2) is 9.59 Å². The summed E-state index contributed by atoms with van der Waals surface area (Å²) in [5.41, 5.74) is 1.76. The van der Waals surface area contributed by atoms with E-state index in [-0.39, 0.29) is 23.3 Å². The van der Waals surface area contributed by atoms with E-state index in [0.717, 1.165) is 5.56 Å². The Bertz CT molecular complexity index is 773. The van der Waals surface area contributed by atoms with Crippen molar-refractivity contribution in [1.29, 1.82) is 0 Å². The van der Waals surface area contributed by atoms with Crippen molar-refractivity contribution in [2.75, 3.05) is 6.61 Å². The van der Waals surface area contributed by atoms with Crippen LogP contribution in [-0.4, -0.2) is 18.5 Å². The Morgan fingerprint density at radius 2 is 1.64 bits per heavy atom. The molecule has 0 aliphatic carbocycles. The standard InChI is InChI=1S/C20H21BrO4/c1-5-24-19(23)16-12-15(21)10-11-17(16)25-18(22)13-6-8-14(9-7-13)20(2,3)4/h6-12H,5H2,1-4H3. The van der Waals surface area contributed by atoms with E-state index in [9.17, 15) is 9.59 Å². The van der Waals surface area contributed by atoms with Crippen molar-refractivity contribution >= 4 is 27.9 Å². The van der Waals surface area contributed by atoms with Crippen LogP contribution in [0.2, 0.25) is 0 Å². The predicted molar refractivity (Wildman–Crippen MR) is 100 cm³/mol. The van der Waals surface area contributed by atoms with Gasteiger partial charge >= 0.3 is 11.9 Å². The molecule has 0 aliphatic rings. The lowest BCUT2D eigenvalue weighted by atomic mass is 9.87. The van der Waals surface area contributed by atoms with Crippen molar-refractivity contribution in [2.45, 2.75) is 33.1 Å². The summed E-state index contributed by atoms with van der Waals surface area (Å²) < 4.78 is 11.1. The first kappa shape index (κ1) is 19.2. The second kappa shape index (κ2) is 7.83. The van der Waals surface area contributed by atoms with Crippen LogP contribution in [-0.2, 0) is 10.2 Å². The topological polar surface area (TPSA) is 52.6 Å². The molecule has 0 spiro atoms. The first-order valence-electron chi connectivity index (χ1n) is 8.01. The number of hydrogen-bond acceptors (Lipinski definition) is 4. The fourth-order valence-electron chi connectivity index (χ4n) is 2.22. The molecule has 0 aromatic heterocycles. The van der Waals surface area contributed by atoms with E-state index in [2.05, 4.69) is 36.7 Å². The molecule has 0 fully saturated rings. The number of halogens is 1. The molecule has 2 aromatic rings. The zero-order chi connectivity index (χ0) is 18.6. The van der Waals surface area contributed by atoms with Crippen LogP contribution in [0.3, 0.4) is 0 Å². The van der Waals surface area contributed by atoms with Crippen LogP contribution in [0.15, 0.2) is 46.9 Å². The van der Waals surface area contributed by atoms with Crippen LogP contribution in [0.25, 0.3) is 0 Å². The zero-order valence-electron chi connectivity index (χ0n) is 14.8. The summed E-state index contributed by atoms with van der Waals surface area (Å²) >= 11 is 3.31. The highest BCUT2D eigenvalue weighted by atomic mass is 79.9. The highest BCUT2D eigenvalue weighted by Crippen LogP contribution is 2.26. The highest BCUT2D eigenvalue weighted by molar-refractivity contribution is 9.10. The van der Waals surface area contributed by atoms with Gasteiger partial charge in [0.05, 0.1) is 12.2 Å². The molecular weight excluding hydrogens is 384 g/mol. The zero-order valence-corrected chi connectivity index (χ0v) is 16.3. The van der Waals surface area contributed by atoms with Gasteiger partial charge in [-0.15, -0.1) is 0 Å². The molecule has 0 N–H and O–H groups in total. The molecule has 0 amide bonds. The van der Waals surface area contributed by atoms with E-state index in [0.29, 0.717) is 10.0 Å². The average molecular weight is 405 g/mol. The Kier molecular flexibility index (Phi) is 6.01. The number of ether oxygens (including phenoxy) is 2. The molecule has 0 atom stereocenters. The van der Waals surface area contributed by atoms with Crippen LogP contribution < -0.4 is 4.74 Å². The Labute approximate surface area is 156 Å². The molecule has 0 aliphatic heterocycles. The number of esters is 2. The van der Waals surface area contributed by atoms with E-state index < -0.39 is 11.9 Å². The maximum absolute atomic E-state index is 12.4. The number of rotatable bonds is 4. The van der Waals surface area contributed by atoms with Gasteiger partial charge in [-0.3, -0.25) is 0 Å². The van der Waals surface area contributed by atoms with Crippen molar-refractivity contribution in [1.82, 2.24) is 0 Å². The maximum Gasteiger partial charge on any atom is 0.343 e. The SMILES string of the molecule is CCOC(=O)c1cc(Br)ccc1OC(=O)c1ccc(C(C)(C)C)cc1. The van der Waals surface area contributed by atoms with Crippen LogP contribution in [0.4, 0.5) is 0 Å². The van der Waals surface area contributed by atoms with Crippen molar-refractivity contribution in [3.63, 3.8) is 0 Å². The summed E-state index contributed by atoms with van der Waals surface area (Å²) in [5.74, 6) is -0.880. The maximum atomic E-state index is 12.4. The Morgan fingerprint density at radius 1 is 1.00 bits per heavy atom. The van der Waals surface area contributed by atoms with Gasteiger partial charge in [0.25, 0.3) is 0 Å². The number of carbonyl (C=O) groups excluding carboxylic acids is 2. The third-order valence-corrected chi connectivity index (χ3v) is 4.12. The van der Waals surface area contributed by atoms with E-state index in [4.69, 9.17) is 9.47 Å². The van der Waals surface area contributed by atoms with Crippen molar-refractivity contribution < 1.29 is 19.1 Å². The largest absolute Gasteiger partial charge is 0.462 e. The van der Waals surface area contributed by atoms with Gasteiger partial charge in [0.15, 0.2) is 0 Å². The molecule has 4 nitrogen and oxygen atoms in total. The molecule has 5 heteroatoms. The van der Waals surface area contributed by atoms with E-state index >= 15 is 0 Å². The van der Waals surface area contributed by atoms with Gasteiger partial charge in [-0.2, -0.15) is 0 Å². The molecule has 0 unspecified atom stereocenters. The molecule has 0 saturated carbocycles. The first-order valence-corrected chi connectivity index (χ1v) is 8.81. The Morgan fingerprint density at radius 3 is 2.20 bits per heavy atom. The molecule has 0 radical (unpaired) electrons. The molecule has 132 valence electrons. The lowest BCUT2D eigenvalue weighted by Crippen LogP contribution is -2.14. The summed E-state index contributed by atoms with van der Waals surface area (Å²) in [6, 6.07) is 12.1. The van der Waals surface area contributed by atoms with Crippen LogP contribution >= 0.6 is 15.9 Å². The summed E-state index contributed by atoms with van der Waals surface area (Å²) in [6.07, 6.45) is 0. The first-order chi connectivity index (χ1) is 11.7. The van der Waals surface area contributed by atoms with Gasteiger partial charge in [0.2, 0.25) is 0 Å². The lowest BCUT2D eigenvalue weighted by Gasteiger charge is -2.19. The number of benzene rings is 2. The van der Waals surface area contributed by atoms with Crippen molar-refractivity contribution in [3.05, 3.63) is 63.6 Å². The van der Waals surface area contributed by atoms with E-state index in [1.54, 1.807) is 37.3 Å². The molecule has 2 rings (SSSR count). The normalized spacial score (nSPS) is 11.1. The van der Waals surface area contributed by atoms with Gasteiger partial charge in [0.1, 0.15) is 11.3 Å². The monoisotopic (exact) mass is 404 g/mol. The summed E-state index contributed by atoms with van der Waals surface area (Å²) in [4.78, 5) is 24.5. The smallest absolute Gasteiger partial charge is 0.343 e. The van der Waals surface area contributed by atoms with Gasteiger partial charge in [-0.1, -0.05) is 48.8 Å². The van der Waals surface area contributed by atoms with Gasteiger partial charge in [-0.05, 0) is 48.2 Å². The molecule has 25 heavy (non-hydrogen) atoms. The minimum absolute atomic E-state index is 0.00518. The molecule has 0 bridgehead atoms. The molecule has 2 aromatic carbocycles. The minimum Gasteiger partial charge on any atom is -0.462 e. The van der Waals surface area contributed by atoms with Crippen LogP contribution in [0, 0.1) is 0 Å². The third-order valence-electron chi connectivity index (χ3n) is 3.63. The Hall–Kier alpha value is -2.14. The van der Waals surface area contributed by atoms with Gasteiger partial charge in [0, 0.05) is 4.47 Å². The van der Waals surface area contributed by atoms with Crippen LogP contribution in [0.5, 0.6) is 5.75 Å². The van der Waals surface area contributed by atoms with Crippen molar-refractivity contribution in [3.8, 4) is 5.75 Å². The van der Waals surface area contributed by atoms with Crippen LogP contribution in [0.1, 0.15) is 54.0 Å². The highest BCUT2D eigenvalue weighted by Gasteiger charge is 2.19. The fourth-order valence-corrected chi connectivity index (χ4v) is 2.59. The third kappa shape index (κ3) is 4.92. The number of carbonyl (C=O) groups is 2. The van der Waals surface area contributed by atoms with E-state index in [1.165, 1.54) is 0 Å². The quantitative estimate of drug-likeness (QED) is 0.522. The average Bonchev–Trinajstić information content (AvgIpc) is 2.56. The predicted octanol–water partition coefficient (Wildman–Crippen LogP) is 5.14. The second-order valence-corrected chi connectivity index (χ2v) is 7.49. The lowest BCUT2D eigenvalue weighted by molar-refractivity contribution is 0.0520. The van der Waals surface area contributed by atoms with Gasteiger partial charge < -0.3 is 9.47 Å². The second-order valence-electron chi connectivity index (χ2n) is 6.58. The molecule has 0 heterocycles. The molecular formula is C20H21BrO4. The molecule has 0 saturated heterocycles. The number of hydrogen-bond donors (Lipinski definition) is 0. The summed E-state index contributed by atoms with van der Waals surface area (Å²) in [6.45, 7) is 8.28. The minimum atomic E-state index is -0.533.